The number of nitro groups is 1. The third kappa shape index (κ3) is 6.00. The molecular formula is C22H23BrN8O4. The van der Waals surface area contributed by atoms with Crippen LogP contribution in [0, 0.1) is 24.0 Å². The fourth-order valence-electron chi connectivity index (χ4n) is 3.34. The van der Waals surface area contributed by atoms with Crippen LogP contribution in [0.15, 0.2) is 39.9 Å². The van der Waals surface area contributed by atoms with Gasteiger partial charge in [-0.05, 0) is 47.0 Å². The Bertz CT molecular complexity index is 1280. The fraction of sp³-hybridized carbons (Fsp3) is 0.273. The molecule has 0 amide bonds. The normalized spacial score (nSPS) is 13.7. The molecule has 2 aromatic carbocycles. The molecule has 0 bridgehead atoms. The first-order valence-corrected chi connectivity index (χ1v) is 11.5. The van der Waals surface area contributed by atoms with Gasteiger partial charge in [0.2, 0.25) is 17.8 Å². The molecule has 13 heteroatoms. The van der Waals surface area contributed by atoms with Gasteiger partial charge in [0.05, 0.1) is 28.8 Å². The molecule has 0 atom stereocenters. The standard InChI is InChI=1S/C22H23BrN8O4/c1-13-3-4-14(2)18(9-13)25-20-26-21(28-22(27-20)30-5-7-35-8-6-30)29-24-12-15-10-16(31(33)34)11-17(23)19(15)32/h3-4,9-12,32H,5-8H2,1-2H3,(H2,25,26,27,28,29). The first-order chi connectivity index (χ1) is 16.8. The van der Waals surface area contributed by atoms with Gasteiger partial charge in [0.25, 0.3) is 5.69 Å². The lowest BCUT2D eigenvalue weighted by Crippen LogP contribution is -2.37. The number of phenols is 1. The molecule has 3 N–H and O–H groups in total. The van der Waals surface area contributed by atoms with Crippen molar-refractivity contribution < 1.29 is 14.8 Å². The zero-order chi connectivity index (χ0) is 24.9. The molecule has 182 valence electrons. The molecule has 0 saturated carbocycles. The second-order valence-electron chi connectivity index (χ2n) is 7.82. The van der Waals surface area contributed by atoms with Gasteiger partial charge in [0.15, 0.2) is 0 Å². The summed E-state index contributed by atoms with van der Waals surface area (Å²) in [5, 5.41) is 28.7. The van der Waals surface area contributed by atoms with Crippen molar-refractivity contribution in [2.24, 2.45) is 5.10 Å². The highest BCUT2D eigenvalue weighted by Gasteiger charge is 2.17. The summed E-state index contributed by atoms with van der Waals surface area (Å²) in [6, 6.07) is 8.46. The molecule has 0 aliphatic carbocycles. The van der Waals surface area contributed by atoms with Crippen molar-refractivity contribution >= 4 is 51.4 Å². The third-order valence-corrected chi connectivity index (χ3v) is 5.82. The maximum Gasteiger partial charge on any atom is 0.271 e. The first kappa shape index (κ1) is 24.3. The molecule has 1 aliphatic heterocycles. The Kier molecular flexibility index (Phi) is 7.36. The molecule has 1 aromatic heterocycles. The van der Waals surface area contributed by atoms with Crippen LogP contribution in [-0.4, -0.2) is 57.5 Å². The Balaban J connectivity index is 1.63. The number of morpholine rings is 1. The van der Waals surface area contributed by atoms with E-state index in [-0.39, 0.29) is 27.4 Å². The number of hydrogen-bond acceptors (Lipinski definition) is 11. The highest BCUT2D eigenvalue weighted by molar-refractivity contribution is 9.10. The van der Waals surface area contributed by atoms with Crippen molar-refractivity contribution in [1.29, 1.82) is 0 Å². The monoisotopic (exact) mass is 542 g/mol. The number of ether oxygens (including phenoxy) is 1. The summed E-state index contributed by atoms with van der Waals surface area (Å²) in [4.78, 5) is 26.0. The summed E-state index contributed by atoms with van der Waals surface area (Å²) in [7, 11) is 0. The van der Waals surface area contributed by atoms with Gasteiger partial charge >= 0.3 is 0 Å². The van der Waals surface area contributed by atoms with Crippen LogP contribution in [0.3, 0.4) is 0 Å². The summed E-state index contributed by atoms with van der Waals surface area (Å²) in [6.07, 6.45) is 1.25. The number of hydrogen-bond donors (Lipinski definition) is 3. The van der Waals surface area contributed by atoms with Crippen molar-refractivity contribution in [2.45, 2.75) is 13.8 Å². The Morgan fingerprint density at radius 1 is 1.17 bits per heavy atom. The summed E-state index contributed by atoms with van der Waals surface area (Å²) in [5.74, 6) is 0.765. The SMILES string of the molecule is Cc1ccc(C)c(Nc2nc(NN=Cc3cc([N+](=O)[O-])cc(Br)c3O)nc(N3CCOCC3)n2)c1. The minimum atomic E-state index is -0.555. The molecule has 35 heavy (non-hydrogen) atoms. The molecule has 12 nitrogen and oxygen atoms in total. The number of non-ortho nitro benzene ring substituents is 1. The molecule has 3 aromatic rings. The summed E-state index contributed by atoms with van der Waals surface area (Å²) < 4.78 is 5.61. The van der Waals surface area contributed by atoms with Crippen LogP contribution in [-0.2, 0) is 4.74 Å². The molecule has 1 aliphatic rings. The van der Waals surface area contributed by atoms with E-state index in [1.807, 2.05) is 36.9 Å². The van der Waals surface area contributed by atoms with E-state index in [2.05, 4.69) is 46.7 Å². The third-order valence-electron chi connectivity index (χ3n) is 5.21. The molecule has 0 radical (unpaired) electrons. The number of aromatic nitrogens is 3. The number of nitro benzene ring substituents is 1. The molecule has 4 rings (SSSR count). The smallest absolute Gasteiger partial charge is 0.271 e. The number of phenolic OH excluding ortho intramolecular Hbond substituents is 1. The zero-order valence-electron chi connectivity index (χ0n) is 19.0. The van der Waals surface area contributed by atoms with E-state index in [0.29, 0.717) is 38.2 Å². The second-order valence-corrected chi connectivity index (χ2v) is 8.67. The Morgan fingerprint density at radius 3 is 2.66 bits per heavy atom. The maximum absolute atomic E-state index is 11.1. The van der Waals surface area contributed by atoms with Gasteiger partial charge in [-0.1, -0.05) is 12.1 Å². The number of nitrogens with one attached hydrogen (secondary N) is 2. The van der Waals surface area contributed by atoms with Gasteiger partial charge in [-0.2, -0.15) is 20.1 Å². The van der Waals surface area contributed by atoms with Crippen molar-refractivity contribution in [3.63, 3.8) is 0 Å². The molecule has 0 spiro atoms. The Morgan fingerprint density at radius 2 is 1.91 bits per heavy atom. The van der Waals surface area contributed by atoms with E-state index in [0.717, 1.165) is 16.8 Å². The summed E-state index contributed by atoms with van der Waals surface area (Å²) in [6.45, 7) is 6.37. The van der Waals surface area contributed by atoms with Crippen molar-refractivity contribution in [3.05, 3.63) is 61.6 Å². The maximum atomic E-state index is 11.1. The lowest BCUT2D eigenvalue weighted by Gasteiger charge is -2.27. The number of rotatable bonds is 7. The highest BCUT2D eigenvalue weighted by atomic mass is 79.9. The van der Waals surface area contributed by atoms with E-state index in [4.69, 9.17) is 4.74 Å². The quantitative estimate of drug-likeness (QED) is 0.227. The van der Waals surface area contributed by atoms with Crippen LogP contribution >= 0.6 is 15.9 Å². The highest BCUT2D eigenvalue weighted by Crippen LogP contribution is 2.31. The topological polar surface area (TPSA) is 151 Å². The van der Waals surface area contributed by atoms with E-state index < -0.39 is 4.92 Å². The van der Waals surface area contributed by atoms with Crippen LogP contribution in [0.4, 0.5) is 29.2 Å². The van der Waals surface area contributed by atoms with Crippen molar-refractivity contribution in [1.82, 2.24) is 15.0 Å². The number of halogens is 1. The van der Waals surface area contributed by atoms with E-state index in [1.54, 1.807) is 0 Å². The largest absolute Gasteiger partial charge is 0.506 e. The molecule has 2 heterocycles. The minimum absolute atomic E-state index is 0.148. The molecule has 0 unspecified atom stereocenters. The first-order valence-electron chi connectivity index (χ1n) is 10.7. The number of nitrogens with zero attached hydrogens (tertiary/aromatic N) is 6. The number of benzene rings is 2. The number of hydrazone groups is 1. The Hall–Kier alpha value is -3.84. The predicted molar refractivity (Wildman–Crippen MR) is 136 cm³/mol. The van der Waals surface area contributed by atoms with Crippen LogP contribution < -0.4 is 15.6 Å². The summed E-state index contributed by atoms with van der Waals surface area (Å²) >= 11 is 3.11. The second kappa shape index (κ2) is 10.6. The van der Waals surface area contributed by atoms with Gasteiger partial charge in [-0.25, -0.2) is 5.43 Å². The van der Waals surface area contributed by atoms with Crippen LogP contribution in [0.5, 0.6) is 5.75 Å². The van der Waals surface area contributed by atoms with E-state index in [1.165, 1.54) is 18.3 Å². The average Bonchev–Trinajstić information content (AvgIpc) is 2.84. The van der Waals surface area contributed by atoms with E-state index >= 15 is 0 Å². The van der Waals surface area contributed by atoms with Crippen molar-refractivity contribution in [3.8, 4) is 5.75 Å². The number of aryl methyl sites for hydroxylation is 2. The minimum Gasteiger partial charge on any atom is -0.506 e. The zero-order valence-corrected chi connectivity index (χ0v) is 20.6. The van der Waals surface area contributed by atoms with Gasteiger partial charge < -0.3 is 20.1 Å². The Labute approximate surface area is 209 Å². The number of aromatic hydroxyl groups is 1. The average molecular weight is 543 g/mol. The van der Waals surface area contributed by atoms with Gasteiger partial charge in [-0.15, -0.1) is 0 Å². The molecular weight excluding hydrogens is 520 g/mol. The predicted octanol–water partition coefficient (Wildman–Crippen LogP) is 3.89. The van der Waals surface area contributed by atoms with E-state index in [9.17, 15) is 15.2 Å². The van der Waals surface area contributed by atoms with Gasteiger partial charge in [0, 0.05) is 36.5 Å². The van der Waals surface area contributed by atoms with Crippen LogP contribution in [0.2, 0.25) is 0 Å². The van der Waals surface area contributed by atoms with Crippen LogP contribution in [0.1, 0.15) is 16.7 Å². The lowest BCUT2D eigenvalue weighted by molar-refractivity contribution is -0.385. The molecule has 1 saturated heterocycles. The fourth-order valence-corrected chi connectivity index (χ4v) is 3.80. The van der Waals surface area contributed by atoms with Gasteiger partial charge in [0.1, 0.15) is 5.75 Å². The number of anilines is 4. The summed E-state index contributed by atoms with van der Waals surface area (Å²) in [5.41, 5.74) is 5.68. The molecule has 1 fully saturated rings. The lowest BCUT2D eigenvalue weighted by atomic mass is 10.1. The van der Waals surface area contributed by atoms with Crippen LogP contribution in [0.25, 0.3) is 0 Å². The van der Waals surface area contributed by atoms with Crippen molar-refractivity contribution in [2.75, 3.05) is 41.9 Å². The van der Waals surface area contributed by atoms with Gasteiger partial charge in [-0.3, -0.25) is 10.1 Å².